The van der Waals surface area contributed by atoms with E-state index in [0.29, 0.717) is 29.1 Å². The first-order valence-electron chi connectivity index (χ1n) is 8.20. The molecule has 3 aliphatic rings. The maximum atomic E-state index is 12.9. The molecule has 6 nitrogen and oxygen atoms in total. The molecule has 0 radical (unpaired) electrons. The van der Waals surface area contributed by atoms with E-state index in [-0.39, 0.29) is 24.5 Å². The number of amides is 2. The van der Waals surface area contributed by atoms with Crippen LogP contribution in [0.1, 0.15) is 36.0 Å². The Morgan fingerprint density at radius 2 is 2.00 bits per heavy atom. The summed E-state index contributed by atoms with van der Waals surface area (Å²) in [6, 6.07) is 6.64. The van der Waals surface area contributed by atoms with Crippen molar-refractivity contribution in [2.24, 2.45) is 0 Å². The first-order valence-corrected chi connectivity index (χ1v) is 8.20. The minimum Gasteiger partial charge on any atom is -0.481 e. The first-order chi connectivity index (χ1) is 11.1. The van der Waals surface area contributed by atoms with Gasteiger partial charge in [0.05, 0.1) is 11.3 Å². The van der Waals surface area contributed by atoms with Gasteiger partial charge in [-0.1, -0.05) is 6.07 Å². The first kappa shape index (κ1) is 14.5. The van der Waals surface area contributed by atoms with E-state index in [0.717, 1.165) is 12.8 Å². The average molecular weight is 315 g/mol. The van der Waals surface area contributed by atoms with Crippen LogP contribution in [0.25, 0.3) is 0 Å². The number of nitrogens with one attached hydrogen (secondary N) is 2. The normalized spacial score (nSPS) is 28.6. The van der Waals surface area contributed by atoms with Gasteiger partial charge in [0.15, 0.2) is 12.4 Å². The van der Waals surface area contributed by atoms with Crippen LogP contribution < -0.4 is 15.4 Å². The lowest BCUT2D eigenvalue weighted by Crippen LogP contribution is -2.48. The van der Waals surface area contributed by atoms with Crippen molar-refractivity contribution >= 4 is 17.5 Å². The number of carbonyl (C=O) groups is 2. The van der Waals surface area contributed by atoms with Gasteiger partial charge in [0.1, 0.15) is 0 Å². The number of para-hydroxylation sites is 1. The van der Waals surface area contributed by atoms with Gasteiger partial charge in [-0.05, 0) is 37.8 Å². The third-order valence-corrected chi connectivity index (χ3v) is 5.18. The van der Waals surface area contributed by atoms with E-state index >= 15 is 0 Å². The molecular weight excluding hydrogens is 294 g/mol. The zero-order valence-electron chi connectivity index (χ0n) is 13.2. The molecule has 0 aromatic heterocycles. The molecule has 23 heavy (non-hydrogen) atoms. The van der Waals surface area contributed by atoms with Crippen LogP contribution in [0, 0.1) is 0 Å². The molecule has 2 saturated heterocycles. The van der Waals surface area contributed by atoms with E-state index in [9.17, 15) is 9.59 Å². The zero-order chi connectivity index (χ0) is 16.0. The molecular formula is C17H21N3O3. The molecule has 2 fully saturated rings. The summed E-state index contributed by atoms with van der Waals surface area (Å²) in [4.78, 5) is 26.2. The van der Waals surface area contributed by atoms with E-state index in [1.54, 1.807) is 18.2 Å². The Morgan fingerprint density at radius 1 is 1.26 bits per heavy atom. The van der Waals surface area contributed by atoms with Crippen LogP contribution in [0.15, 0.2) is 18.2 Å². The lowest BCUT2D eigenvalue weighted by Gasteiger charge is -2.36. The maximum absolute atomic E-state index is 12.9. The second-order valence-corrected chi connectivity index (χ2v) is 6.70. The lowest BCUT2D eigenvalue weighted by atomic mass is 9.97. The number of carbonyl (C=O) groups excluding carboxylic acids is 2. The zero-order valence-corrected chi connectivity index (χ0v) is 13.2. The number of ether oxygens (including phenoxy) is 1. The average Bonchev–Trinajstić information content (AvgIpc) is 2.90. The van der Waals surface area contributed by atoms with Gasteiger partial charge in [-0.2, -0.15) is 0 Å². The molecule has 0 aliphatic carbocycles. The predicted molar refractivity (Wildman–Crippen MR) is 85.6 cm³/mol. The van der Waals surface area contributed by atoms with Crippen LogP contribution in [0.5, 0.6) is 5.75 Å². The molecule has 1 aromatic carbocycles. The van der Waals surface area contributed by atoms with E-state index in [1.807, 2.05) is 11.9 Å². The Balaban J connectivity index is 1.57. The highest BCUT2D eigenvalue weighted by Crippen LogP contribution is 2.34. The Labute approximate surface area is 135 Å². The Hall–Kier alpha value is -2.08. The summed E-state index contributed by atoms with van der Waals surface area (Å²) < 4.78 is 5.51. The molecule has 0 saturated carbocycles. The molecule has 6 heteroatoms. The summed E-state index contributed by atoms with van der Waals surface area (Å²) in [7, 11) is 1.87. The third-order valence-electron chi connectivity index (χ3n) is 5.18. The van der Waals surface area contributed by atoms with Crippen molar-refractivity contribution < 1.29 is 14.3 Å². The van der Waals surface area contributed by atoms with Crippen molar-refractivity contribution in [3.8, 4) is 5.75 Å². The van der Waals surface area contributed by atoms with Gasteiger partial charge >= 0.3 is 0 Å². The maximum Gasteiger partial charge on any atom is 0.262 e. The molecule has 122 valence electrons. The number of fused-ring (bicyclic) bond motifs is 3. The predicted octanol–water partition coefficient (Wildman–Crippen LogP) is 1.37. The lowest BCUT2D eigenvalue weighted by molar-refractivity contribution is -0.118. The fourth-order valence-corrected chi connectivity index (χ4v) is 3.98. The second-order valence-electron chi connectivity index (χ2n) is 6.70. The van der Waals surface area contributed by atoms with Gasteiger partial charge in [-0.3, -0.25) is 9.59 Å². The van der Waals surface area contributed by atoms with E-state index in [2.05, 4.69) is 10.6 Å². The van der Waals surface area contributed by atoms with Gasteiger partial charge in [0.2, 0.25) is 0 Å². The van der Waals surface area contributed by atoms with Crippen LogP contribution in [0.4, 0.5) is 5.69 Å². The molecule has 3 heterocycles. The van der Waals surface area contributed by atoms with Gasteiger partial charge in [0, 0.05) is 25.2 Å². The summed E-state index contributed by atoms with van der Waals surface area (Å²) in [5.74, 6) is 0.260. The minimum atomic E-state index is -0.189. The Morgan fingerprint density at radius 3 is 2.74 bits per heavy atom. The number of anilines is 1. The summed E-state index contributed by atoms with van der Waals surface area (Å²) in [6.45, 7) is -0.0432. The molecule has 2 atom stereocenters. The SMILES string of the molecule is CN(C(=O)c1cccc2c1OCC(=O)N2)C1CC2CCC(C1)N2. The van der Waals surface area contributed by atoms with Gasteiger partial charge in [-0.15, -0.1) is 0 Å². The fraction of sp³-hybridized carbons (Fsp3) is 0.529. The Bertz CT molecular complexity index is 648. The number of rotatable bonds is 2. The van der Waals surface area contributed by atoms with Crippen LogP contribution in [-0.4, -0.2) is 48.5 Å². The highest BCUT2D eigenvalue weighted by molar-refractivity contribution is 6.03. The quantitative estimate of drug-likeness (QED) is 0.865. The fourth-order valence-electron chi connectivity index (χ4n) is 3.98. The van der Waals surface area contributed by atoms with Crippen LogP contribution >= 0.6 is 0 Å². The summed E-state index contributed by atoms with van der Waals surface area (Å²) in [5, 5.41) is 6.35. The van der Waals surface area contributed by atoms with Crippen LogP contribution in [-0.2, 0) is 4.79 Å². The number of hydrogen-bond donors (Lipinski definition) is 2. The number of hydrogen-bond acceptors (Lipinski definition) is 4. The molecule has 0 spiro atoms. The van der Waals surface area contributed by atoms with E-state index in [1.165, 1.54) is 12.8 Å². The molecule has 4 rings (SSSR count). The number of piperidine rings is 1. The molecule has 2 unspecified atom stereocenters. The number of benzene rings is 1. The largest absolute Gasteiger partial charge is 0.481 e. The summed E-state index contributed by atoms with van der Waals surface area (Å²) in [5.41, 5.74) is 1.10. The Kier molecular flexibility index (Phi) is 3.49. The van der Waals surface area contributed by atoms with E-state index in [4.69, 9.17) is 4.74 Å². The molecule has 2 bridgehead atoms. The molecule has 3 aliphatic heterocycles. The van der Waals surface area contributed by atoms with Crippen LogP contribution in [0.2, 0.25) is 0 Å². The highest BCUT2D eigenvalue weighted by atomic mass is 16.5. The molecule has 2 N–H and O–H groups in total. The van der Waals surface area contributed by atoms with Gasteiger partial charge < -0.3 is 20.3 Å². The highest BCUT2D eigenvalue weighted by Gasteiger charge is 2.37. The second kappa shape index (κ2) is 5.53. The third kappa shape index (κ3) is 2.57. The van der Waals surface area contributed by atoms with Crippen molar-refractivity contribution in [2.45, 2.75) is 43.8 Å². The van der Waals surface area contributed by atoms with E-state index < -0.39 is 0 Å². The monoisotopic (exact) mass is 315 g/mol. The molecule has 2 amide bonds. The summed E-state index contributed by atoms with van der Waals surface area (Å²) in [6.07, 6.45) is 4.43. The topological polar surface area (TPSA) is 70.7 Å². The smallest absolute Gasteiger partial charge is 0.262 e. The standard InChI is InChI=1S/C17H21N3O3/c1-20(12-7-10-5-6-11(8-12)18-10)17(22)13-3-2-4-14-16(13)23-9-15(21)19-14/h2-4,10-12,18H,5-9H2,1H3,(H,19,21). The van der Waals surface area contributed by atoms with Crippen molar-refractivity contribution in [3.63, 3.8) is 0 Å². The van der Waals surface area contributed by atoms with Crippen LogP contribution in [0.3, 0.4) is 0 Å². The van der Waals surface area contributed by atoms with Crippen molar-refractivity contribution in [1.82, 2.24) is 10.2 Å². The van der Waals surface area contributed by atoms with Gasteiger partial charge in [-0.25, -0.2) is 0 Å². The van der Waals surface area contributed by atoms with Crippen molar-refractivity contribution in [2.75, 3.05) is 19.0 Å². The van der Waals surface area contributed by atoms with Crippen molar-refractivity contribution in [3.05, 3.63) is 23.8 Å². The van der Waals surface area contributed by atoms with Gasteiger partial charge in [0.25, 0.3) is 11.8 Å². The molecule has 1 aromatic rings. The number of nitrogens with zero attached hydrogens (tertiary/aromatic N) is 1. The summed E-state index contributed by atoms with van der Waals surface area (Å²) >= 11 is 0. The minimum absolute atomic E-state index is 0.0377. The van der Waals surface area contributed by atoms with Crippen molar-refractivity contribution in [1.29, 1.82) is 0 Å².